The van der Waals surface area contributed by atoms with Crippen molar-refractivity contribution in [2.45, 2.75) is 104 Å². The molecule has 1 amide bonds. The van der Waals surface area contributed by atoms with Crippen molar-refractivity contribution in [3.8, 4) is 0 Å². The lowest BCUT2D eigenvalue weighted by Gasteiger charge is -2.61. The standard InChI is InChI=1S/C26H43NO4/c1-4-27-24(30)31-19-12-14-26(3)18(16-19)8-10-20-21-11-9-17(6-5-7-23(28)29)25(21,2)15-13-22(20)26/h17-22H,4-16H2,1-3H3,(H,27,30)(H,28,29). The molecule has 4 aliphatic rings. The number of carbonyl (C=O) groups is 2. The monoisotopic (exact) mass is 433 g/mol. The summed E-state index contributed by atoms with van der Waals surface area (Å²) in [5, 5.41) is 11.8. The average Bonchev–Trinajstić information content (AvgIpc) is 3.05. The topological polar surface area (TPSA) is 75.6 Å². The summed E-state index contributed by atoms with van der Waals surface area (Å²) >= 11 is 0. The summed E-state index contributed by atoms with van der Waals surface area (Å²) in [7, 11) is 0. The molecule has 0 radical (unpaired) electrons. The van der Waals surface area contributed by atoms with Crippen LogP contribution in [0.2, 0.25) is 0 Å². The Morgan fingerprint density at radius 2 is 1.74 bits per heavy atom. The van der Waals surface area contributed by atoms with E-state index in [4.69, 9.17) is 9.84 Å². The van der Waals surface area contributed by atoms with Crippen LogP contribution in [-0.2, 0) is 9.53 Å². The van der Waals surface area contributed by atoms with Gasteiger partial charge in [-0.2, -0.15) is 0 Å². The lowest BCUT2D eigenvalue weighted by molar-refractivity contribution is -0.137. The molecule has 0 saturated heterocycles. The van der Waals surface area contributed by atoms with Gasteiger partial charge in [0, 0.05) is 13.0 Å². The first-order valence-electron chi connectivity index (χ1n) is 12.9. The van der Waals surface area contributed by atoms with Crippen LogP contribution >= 0.6 is 0 Å². The van der Waals surface area contributed by atoms with E-state index in [9.17, 15) is 9.59 Å². The molecule has 0 aromatic carbocycles. The van der Waals surface area contributed by atoms with E-state index in [0.717, 1.165) is 43.4 Å². The van der Waals surface area contributed by atoms with Crippen molar-refractivity contribution < 1.29 is 19.4 Å². The fourth-order valence-corrected chi connectivity index (χ4v) is 8.75. The van der Waals surface area contributed by atoms with Crippen molar-refractivity contribution in [1.29, 1.82) is 0 Å². The zero-order valence-electron chi connectivity index (χ0n) is 19.8. The van der Waals surface area contributed by atoms with E-state index in [1.807, 2.05) is 6.92 Å². The number of carbonyl (C=O) groups excluding carboxylic acids is 1. The van der Waals surface area contributed by atoms with E-state index in [1.54, 1.807) is 0 Å². The SMILES string of the molecule is CCNC(=O)OC1CCC2(C)C(CCC3C4CCC(CCCC(=O)O)C4(C)CCC32)C1. The van der Waals surface area contributed by atoms with Crippen LogP contribution in [0.4, 0.5) is 4.79 Å². The van der Waals surface area contributed by atoms with Crippen LogP contribution in [0.3, 0.4) is 0 Å². The highest BCUT2D eigenvalue weighted by atomic mass is 16.6. The molecule has 0 aromatic rings. The number of aliphatic carboxylic acids is 1. The van der Waals surface area contributed by atoms with Crippen LogP contribution in [0.1, 0.15) is 97.8 Å². The Kier molecular flexibility index (Phi) is 6.61. The first kappa shape index (κ1) is 22.9. The molecule has 4 aliphatic carbocycles. The summed E-state index contributed by atoms with van der Waals surface area (Å²) in [5.41, 5.74) is 0.814. The van der Waals surface area contributed by atoms with Gasteiger partial charge >= 0.3 is 12.1 Å². The molecule has 4 saturated carbocycles. The van der Waals surface area contributed by atoms with Gasteiger partial charge in [-0.25, -0.2) is 4.79 Å². The first-order chi connectivity index (χ1) is 14.8. The molecule has 0 aliphatic heterocycles. The second kappa shape index (κ2) is 8.94. The zero-order chi connectivity index (χ0) is 22.2. The fraction of sp³-hybridized carbons (Fsp3) is 0.923. The van der Waals surface area contributed by atoms with Crippen LogP contribution in [0.25, 0.3) is 0 Å². The smallest absolute Gasteiger partial charge is 0.407 e. The quantitative estimate of drug-likeness (QED) is 0.537. The third kappa shape index (κ3) is 4.23. The third-order valence-electron chi connectivity index (χ3n) is 10.4. The van der Waals surface area contributed by atoms with Gasteiger partial charge in [0.05, 0.1) is 0 Å². The van der Waals surface area contributed by atoms with Gasteiger partial charge in [0.25, 0.3) is 0 Å². The number of carboxylic acid groups (broad SMARTS) is 1. The summed E-state index contributed by atoms with van der Waals surface area (Å²) in [5.74, 6) is 3.21. The van der Waals surface area contributed by atoms with E-state index in [2.05, 4.69) is 19.2 Å². The predicted octanol–water partition coefficient (Wildman–Crippen LogP) is 6.01. The number of amides is 1. The normalized spacial score (nSPS) is 44.0. The largest absolute Gasteiger partial charge is 0.481 e. The van der Waals surface area contributed by atoms with Crippen LogP contribution < -0.4 is 5.32 Å². The highest BCUT2D eigenvalue weighted by Gasteiger charge is 2.60. The molecule has 31 heavy (non-hydrogen) atoms. The number of hydrogen-bond acceptors (Lipinski definition) is 3. The van der Waals surface area contributed by atoms with Crippen LogP contribution in [0.5, 0.6) is 0 Å². The maximum Gasteiger partial charge on any atom is 0.407 e. The van der Waals surface area contributed by atoms with Gasteiger partial charge in [0.2, 0.25) is 0 Å². The summed E-state index contributed by atoms with van der Waals surface area (Å²) in [4.78, 5) is 22.9. The second-order valence-electron chi connectivity index (χ2n) is 11.6. The van der Waals surface area contributed by atoms with Crippen molar-refractivity contribution in [3.05, 3.63) is 0 Å². The van der Waals surface area contributed by atoms with Gasteiger partial charge in [0.15, 0.2) is 0 Å². The molecule has 0 heterocycles. The lowest BCUT2D eigenvalue weighted by atomic mass is 9.44. The number of fused-ring (bicyclic) bond motifs is 5. The van der Waals surface area contributed by atoms with Gasteiger partial charge in [-0.1, -0.05) is 13.8 Å². The highest BCUT2D eigenvalue weighted by Crippen LogP contribution is 2.68. The van der Waals surface area contributed by atoms with Crippen molar-refractivity contribution in [2.24, 2.45) is 40.4 Å². The van der Waals surface area contributed by atoms with Crippen LogP contribution in [-0.4, -0.2) is 29.8 Å². The minimum atomic E-state index is -0.651. The van der Waals surface area contributed by atoms with Gasteiger partial charge in [-0.15, -0.1) is 0 Å². The molecule has 5 nitrogen and oxygen atoms in total. The van der Waals surface area contributed by atoms with E-state index in [0.29, 0.717) is 35.6 Å². The Bertz CT molecular complexity index is 680. The molecule has 8 atom stereocenters. The summed E-state index contributed by atoms with van der Waals surface area (Å²) in [6.07, 6.45) is 13.2. The van der Waals surface area contributed by atoms with Crippen molar-refractivity contribution in [1.82, 2.24) is 5.32 Å². The number of ether oxygens (including phenoxy) is 1. The van der Waals surface area contributed by atoms with Gasteiger partial charge in [-0.05, 0) is 118 Å². The van der Waals surface area contributed by atoms with Crippen molar-refractivity contribution in [3.63, 3.8) is 0 Å². The molecular weight excluding hydrogens is 390 g/mol. The highest BCUT2D eigenvalue weighted by molar-refractivity contribution is 5.67. The first-order valence-corrected chi connectivity index (χ1v) is 12.9. The second-order valence-corrected chi connectivity index (χ2v) is 11.6. The van der Waals surface area contributed by atoms with Crippen molar-refractivity contribution in [2.75, 3.05) is 6.54 Å². The fourth-order valence-electron chi connectivity index (χ4n) is 8.75. The maximum atomic E-state index is 11.9. The molecule has 176 valence electrons. The van der Waals surface area contributed by atoms with Crippen LogP contribution in [0, 0.1) is 40.4 Å². The Hall–Kier alpha value is -1.26. The lowest BCUT2D eigenvalue weighted by Crippen LogP contribution is -2.54. The molecule has 0 aromatic heterocycles. The molecule has 8 unspecified atom stereocenters. The molecule has 0 spiro atoms. The Balaban J connectivity index is 1.40. The minimum absolute atomic E-state index is 0.0835. The van der Waals surface area contributed by atoms with E-state index in [-0.39, 0.29) is 12.2 Å². The zero-order valence-corrected chi connectivity index (χ0v) is 19.8. The van der Waals surface area contributed by atoms with Crippen molar-refractivity contribution >= 4 is 12.1 Å². The number of carboxylic acids is 1. The van der Waals surface area contributed by atoms with E-state index < -0.39 is 5.97 Å². The molecular formula is C26H43NO4. The number of nitrogens with one attached hydrogen (secondary N) is 1. The molecule has 2 N–H and O–H groups in total. The number of alkyl carbamates (subject to hydrolysis) is 1. The van der Waals surface area contributed by atoms with Crippen LogP contribution in [0.15, 0.2) is 0 Å². The van der Waals surface area contributed by atoms with E-state index >= 15 is 0 Å². The minimum Gasteiger partial charge on any atom is -0.481 e. The number of hydrogen-bond donors (Lipinski definition) is 2. The maximum absolute atomic E-state index is 11.9. The summed E-state index contributed by atoms with van der Waals surface area (Å²) < 4.78 is 5.72. The Labute approximate surface area is 188 Å². The predicted molar refractivity (Wildman–Crippen MR) is 121 cm³/mol. The summed E-state index contributed by atoms with van der Waals surface area (Å²) in [6.45, 7) is 7.64. The van der Waals surface area contributed by atoms with Gasteiger partial charge in [-0.3, -0.25) is 4.79 Å². The molecule has 4 fully saturated rings. The molecule has 0 bridgehead atoms. The molecule has 5 heteroatoms. The average molecular weight is 434 g/mol. The number of rotatable bonds is 6. The molecule has 4 rings (SSSR count). The van der Waals surface area contributed by atoms with E-state index in [1.165, 1.54) is 44.9 Å². The Morgan fingerprint density at radius 1 is 1.00 bits per heavy atom. The van der Waals surface area contributed by atoms with Gasteiger partial charge < -0.3 is 15.2 Å². The van der Waals surface area contributed by atoms with Gasteiger partial charge in [0.1, 0.15) is 6.10 Å². The third-order valence-corrected chi connectivity index (χ3v) is 10.4. The summed E-state index contributed by atoms with van der Waals surface area (Å²) in [6, 6.07) is 0. The Morgan fingerprint density at radius 3 is 2.48 bits per heavy atom.